The van der Waals surface area contributed by atoms with Crippen molar-refractivity contribution in [1.82, 2.24) is 0 Å². The van der Waals surface area contributed by atoms with Gasteiger partial charge in [0.2, 0.25) is 0 Å². The van der Waals surface area contributed by atoms with E-state index in [1.807, 2.05) is 0 Å². The van der Waals surface area contributed by atoms with Crippen LogP contribution in [0.3, 0.4) is 0 Å². The molecule has 0 heterocycles. The SMILES string of the molecule is CCOC(=O)CCC1(C(=O)OCC)CCC1(C)O. The van der Waals surface area contributed by atoms with Gasteiger partial charge in [-0.05, 0) is 40.0 Å². The van der Waals surface area contributed by atoms with Crippen molar-refractivity contribution in [2.45, 2.75) is 52.1 Å². The lowest BCUT2D eigenvalue weighted by molar-refractivity contribution is -0.202. The Balaban J connectivity index is 2.69. The van der Waals surface area contributed by atoms with Gasteiger partial charge in [-0.1, -0.05) is 0 Å². The molecule has 1 aliphatic rings. The largest absolute Gasteiger partial charge is 0.466 e. The Labute approximate surface area is 107 Å². The molecule has 0 bridgehead atoms. The summed E-state index contributed by atoms with van der Waals surface area (Å²) in [6.45, 7) is 5.68. The van der Waals surface area contributed by atoms with Gasteiger partial charge in [-0.2, -0.15) is 0 Å². The van der Waals surface area contributed by atoms with Crippen LogP contribution in [0.4, 0.5) is 0 Å². The number of esters is 2. The highest BCUT2D eigenvalue weighted by molar-refractivity contribution is 5.81. The molecule has 0 aromatic heterocycles. The van der Waals surface area contributed by atoms with E-state index in [9.17, 15) is 14.7 Å². The highest BCUT2D eigenvalue weighted by Gasteiger charge is 2.61. The zero-order valence-corrected chi connectivity index (χ0v) is 11.3. The molecule has 1 fully saturated rings. The van der Waals surface area contributed by atoms with Crippen molar-refractivity contribution in [1.29, 1.82) is 0 Å². The first-order valence-corrected chi connectivity index (χ1v) is 6.45. The molecule has 0 aromatic carbocycles. The van der Waals surface area contributed by atoms with Crippen LogP contribution in [0.5, 0.6) is 0 Å². The quantitative estimate of drug-likeness (QED) is 0.729. The summed E-state index contributed by atoms with van der Waals surface area (Å²) >= 11 is 0. The average molecular weight is 258 g/mol. The summed E-state index contributed by atoms with van der Waals surface area (Å²) in [5, 5.41) is 10.2. The van der Waals surface area contributed by atoms with Crippen molar-refractivity contribution < 1.29 is 24.2 Å². The molecule has 1 saturated carbocycles. The van der Waals surface area contributed by atoms with Gasteiger partial charge in [0, 0.05) is 6.42 Å². The number of rotatable bonds is 6. The third-order valence-corrected chi connectivity index (χ3v) is 3.80. The van der Waals surface area contributed by atoms with Crippen LogP contribution in [0.1, 0.15) is 46.5 Å². The Bertz CT molecular complexity index is 323. The van der Waals surface area contributed by atoms with Crippen LogP contribution in [0.25, 0.3) is 0 Å². The minimum Gasteiger partial charge on any atom is -0.466 e. The minimum absolute atomic E-state index is 0.128. The summed E-state index contributed by atoms with van der Waals surface area (Å²) in [7, 11) is 0. The second kappa shape index (κ2) is 5.69. The van der Waals surface area contributed by atoms with E-state index in [1.54, 1.807) is 20.8 Å². The van der Waals surface area contributed by atoms with Gasteiger partial charge in [0.15, 0.2) is 0 Å². The van der Waals surface area contributed by atoms with Gasteiger partial charge in [-0.15, -0.1) is 0 Å². The molecule has 0 spiro atoms. The third kappa shape index (κ3) is 2.66. The summed E-state index contributed by atoms with van der Waals surface area (Å²) in [6, 6.07) is 0. The van der Waals surface area contributed by atoms with Gasteiger partial charge in [0.1, 0.15) is 0 Å². The van der Waals surface area contributed by atoms with E-state index in [0.717, 1.165) is 0 Å². The Morgan fingerprint density at radius 1 is 1.17 bits per heavy atom. The minimum atomic E-state index is -1.09. The van der Waals surface area contributed by atoms with Crippen LogP contribution in [-0.4, -0.2) is 35.9 Å². The highest BCUT2D eigenvalue weighted by atomic mass is 16.5. The lowest BCUT2D eigenvalue weighted by atomic mass is 9.55. The van der Waals surface area contributed by atoms with Crippen molar-refractivity contribution in [2.75, 3.05) is 13.2 Å². The van der Waals surface area contributed by atoms with Gasteiger partial charge in [-0.3, -0.25) is 9.59 Å². The normalized spacial score (nSPS) is 30.4. The van der Waals surface area contributed by atoms with Crippen LogP contribution in [0, 0.1) is 5.41 Å². The van der Waals surface area contributed by atoms with Crippen molar-refractivity contribution >= 4 is 11.9 Å². The fraction of sp³-hybridized carbons (Fsp3) is 0.846. The van der Waals surface area contributed by atoms with Crippen molar-refractivity contribution in [3.63, 3.8) is 0 Å². The van der Waals surface area contributed by atoms with Crippen LogP contribution in [0.15, 0.2) is 0 Å². The average Bonchev–Trinajstić information content (AvgIpc) is 2.29. The maximum Gasteiger partial charge on any atom is 0.315 e. The van der Waals surface area contributed by atoms with Gasteiger partial charge >= 0.3 is 11.9 Å². The van der Waals surface area contributed by atoms with Crippen LogP contribution in [-0.2, 0) is 19.1 Å². The van der Waals surface area contributed by atoms with Crippen LogP contribution >= 0.6 is 0 Å². The number of carbonyl (C=O) groups excluding carboxylic acids is 2. The lowest BCUT2D eigenvalue weighted by Crippen LogP contribution is -2.60. The first-order valence-electron chi connectivity index (χ1n) is 6.45. The number of aliphatic hydroxyl groups is 1. The number of hydrogen-bond acceptors (Lipinski definition) is 5. The van der Waals surface area contributed by atoms with Crippen molar-refractivity contribution in [3.8, 4) is 0 Å². The Kier molecular flexibility index (Phi) is 4.73. The molecular formula is C13H22O5. The molecule has 1 rings (SSSR count). The molecular weight excluding hydrogens is 236 g/mol. The zero-order chi connectivity index (χ0) is 13.8. The van der Waals surface area contributed by atoms with E-state index in [4.69, 9.17) is 9.47 Å². The van der Waals surface area contributed by atoms with Crippen molar-refractivity contribution in [2.24, 2.45) is 5.41 Å². The van der Waals surface area contributed by atoms with E-state index >= 15 is 0 Å². The van der Waals surface area contributed by atoms with Gasteiger partial charge in [0.25, 0.3) is 0 Å². The van der Waals surface area contributed by atoms with Gasteiger partial charge in [-0.25, -0.2) is 0 Å². The summed E-state index contributed by atoms with van der Waals surface area (Å²) in [4.78, 5) is 23.4. The monoisotopic (exact) mass is 258 g/mol. The second-order valence-corrected chi connectivity index (χ2v) is 4.88. The molecule has 0 aliphatic heterocycles. The Hall–Kier alpha value is -1.10. The van der Waals surface area contributed by atoms with Crippen LogP contribution < -0.4 is 0 Å². The fourth-order valence-electron chi connectivity index (χ4n) is 2.42. The van der Waals surface area contributed by atoms with E-state index in [2.05, 4.69) is 0 Å². The lowest BCUT2D eigenvalue weighted by Gasteiger charge is -2.52. The molecule has 0 radical (unpaired) electrons. The molecule has 104 valence electrons. The maximum absolute atomic E-state index is 12.0. The molecule has 2 unspecified atom stereocenters. The fourth-order valence-corrected chi connectivity index (χ4v) is 2.42. The molecule has 5 nitrogen and oxygen atoms in total. The van der Waals surface area contributed by atoms with E-state index < -0.39 is 17.0 Å². The number of ether oxygens (including phenoxy) is 2. The molecule has 0 aromatic rings. The van der Waals surface area contributed by atoms with Crippen LogP contribution in [0.2, 0.25) is 0 Å². The summed E-state index contributed by atoms with van der Waals surface area (Å²) in [5.74, 6) is -0.755. The predicted octanol–water partition coefficient (Wildman–Crippen LogP) is 1.42. The molecule has 18 heavy (non-hydrogen) atoms. The van der Waals surface area contributed by atoms with Crippen molar-refractivity contribution in [3.05, 3.63) is 0 Å². The second-order valence-electron chi connectivity index (χ2n) is 4.88. The Morgan fingerprint density at radius 3 is 2.17 bits per heavy atom. The number of carbonyl (C=O) groups is 2. The van der Waals surface area contributed by atoms with Gasteiger partial charge in [0.05, 0.1) is 24.2 Å². The first kappa shape index (κ1) is 15.0. The highest BCUT2D eigenvalue weighted by Crippen LogP contribution is 2.53. The standard InChI is InChI=1S/C13H22O5/c1-4-17-10(14)6-7-13(11(15)18-5-2)9-8-12(13,3)16/h16H,4-9H2,1-3H3. The molecule has 0 amide bonds. The third-order valence-electron chi connectivity index (χ3n) is 3.80. The number of hydrogen-bond donors (Lipinski definition) is 1. The smallest absolute Gasteiger partial charge is 0.315 e. The topological polar surface area (TPSA) is 72.8 Å². The maximum atomic E-state index is 12.0. The zero-order valence-electron chi connectivity index (χ0n) is 11.3. The first-order chi connectivity index (χ1) is 8.39. The molecule has 1 N–H and O–H groups in total. The molecule has 1 aliphatic carbocycles. The predicted molar refractivity (Wildman–Crippen MR) is 64.8 cm³/mol. The van der Waals surface area contributed by atoms with E-state index in [-0.39, 0.29) is 25.4 Å². The summed E-state index contributed by atoms with van der Waals surface area (Å²) < 4.78 is 9.87. The summed E-state index contributed by atoms with van der Waals surface area (Å²) in [5.41, 5.74) is -2.04. The Morgan fingerprint density at radius 2 is 1.78 bits per heavy atom. The van der Waals surface area contributed by atoms with Gasteiger partial charge < -0.3 is 14.6 Å². The van der Waals surface area contributed by atoms with E-state index in [0.29, 0.717) is 19.4 Å². The molecule has 5 heteroatoms. The summed E-state index contributed by atoms with van der Waals surface area (Å²) in [6.07, 6.45) is 1.51. The molecule has 0 saturated heterocycles. The molecule has 2 atom stereocenters. The van der Waals surface area contributed by atoms with E-state index in [1.165, 1.54) is 0 Å².